The van der Waals surface area contributed by atoms with Crippen LogP contribution in [0.4, 0.5) is 4.39 Å². The Kier molecular flexibility index (Phi) is 3.52. The van der Waals surface area contributed by atoms with Gasteiger partial charge in [-0.1, -0.05) is 48.5 Å². The minimum absolute atomic E-state index is 0.310. The summed E-state index contributed by atoms with van der Waals surface area (Å²) < 4.78 is 13.6. The number of benzene rings is 2. The predicted octanol–water partition coefficient (Wildman–Crippen LogP) is 3.68. The number of nitrogens with zero attached hydrogens (tertiary/aromatic N) is 1. The normalized spacial score (nSPS) is 11.8. The number of hydrogen-bond acceptors (Lipinski definition) is 1. The fraction of sp³-hybridized carbons (Fsp3) is 0.133. The summed E-state index contributed by atoms with van der Waals surface area (Å²) in [5, 5.41) is 9.15. The zero-order valence-corrected chi connectivity index (χ0v) is 9.31. The Labute approximate surface area is 100 Å². The maximum Gasteiger partial charge on any atom is 0.127 e. The minimum atomic E-state index is -0.432. The van der Waals surface area contributed by atoms with Crippen LogP contribution >= 0.6 is 0 Å². The van der Waals surface area contributed by atoms with E-state index in [0.717, 1.165) is 5.56 Å². The second-order valence-corrected chi connectivity index (χ2v) is 3.89. The molecule has 0 spiro atoms. The van der Waals surface area contributed by atoms with Crippen LogP contribution in [0.2, 0.25) is 0 Å². The molecule has 0 radical (unpaired) electrons. The maximum atomic E-state index is 13.6. The van der Waals surface area contributed by atoms with Crippen LogP contribution in [0.25, 0.3) is 0 Å². The van der Waals surface area contributed by atoms with Gasteiger partial charge in [0.05, 0.1) is 12.0 Å². The van der Waals surface area contributed by atoms with Gasteiger partial charge in [-0.3, -0.25) is 0 Å². The van der Waals surface area contributed by atoms with E-state index in [4.69, 9.17) is 5.26 Å². The first-order valence-electron chi connectivity index (χ1n) is 5.49. The molecule has 0 aliphatic carbocycles. The van der Waals surface area contributed by atoms with Crippen molar-refractivity contribution in [2.45, 2.75) is 12.3 Å². The Morgan fingerprint density at radius 1 is 1.00 bits per heavy atom. The third-order valence-corrected chi connectivity index (χ3v) is 2.72. The average Bonchev–Trinajstić information content (AvgIpc) is 2.38. The number of nitriles is 1. The van der Waals surface area contributed by atoms with Gasteiger partial charge in [-0.25, -0.2) is 4.39 Å². The topological polar surface area (TPSA) is 23.8 Å². The molecule has 0 saturated heterocycles. The molecular weight excluding hydrogens is 213 g/mol. The first-order chi connectivity index (χ1) is 8.31. The molecule has 0 saturated carbocycles. The molecule has 2 heteroatoms. The highest BCUT2D eigenvalue weighted by Crippen LogP contribution is 2.22. The van der Waals surface area contributed by atoms with Crippen molar-refractivity contribution in [1.29, 1.82) is 5.26 Å². The molecule has 1 nitrogen and oxygen atoms in total. The van der Waals surface area contributed by atoms with Gasteiger partial charge in [-0.15, -0.1) is 0 Å². The van der Waals surface area contributed by atoms with Crippen molar-refractivity contribution >= 4 is 0 Å². The minimum Gasteiger partial charge on any atom is -0.207 e. The molecule has 0 aliphatic rings. The average molecular weight is 225 g/mol. The van der Waals surface area contributed by atoms with E-state index in [0.29, 0.717) is 12.0 Å². The summed E-state index contributed by atoms with van der Waals surface area (Å²) in [7, 11) is 0. The molecule has 1 atom stereocenters. The summed E-state index contributed by atoms with van der Waals surface area (Å²) in [5.41, 5.74) is 1.51. The van der Waals surface area contributed by atoms with Gasteiger partial charge >= 0.3 is 0 Å². The van der Waals surface area contributed by atoms with Crippen LogP contribution in [0.1, 0.15) is 17.0 Å². The van der Waals surface area contributed by atoms with Crippen molar-refractivity contribution in [2.75, 3.05) is 0 Å². The van der Waals surface area contributed by atoms with E-state index in [9.17, 15) is 4.39 Å². The lowest BCUT2D eigenvalue weighted by molar-refractivity contribution is 0.600. The zero-order valence-electron chi connectivity index (χ0n) is 9.31. The van der Waals surface area contributed by atoms with E-state index in [-0.39, 0.29) is 5.82 Å². The van der Waals surface area contributed by atoms with Crippen molar-refractivity contribution in [3.63, 3.8) is 0 Å². The SMILES string of the molecule is N#C[C@@H](Cc1ccccc1)c1ccccc1F. The molecule has 84 valence electrons. The Morgan fingerprint density at radius 2 is 1.65 bits per heavy atom. The first kappa shape index (κ1) is 11.3. The van der Waals surface area contributed by atoms with Crippen LogP contribution < -0.4 is 0 Å². The lowest BCUT2D eigenvalue weighted by Gasteiger charge is -2.10. The van der Waals surface area contributed by atoms with Crippen LogP contribution in [-0.2, 0) is 6.42 Å². The van der Waals surface area contributed by atoms with Crippen molar-refractivity contribution in [2.24, 2.45) is 0 Å². The highest BCUT2D eigenvalue weighted by atomic mass is 19.1. The summed E-state index contributed by atoms with van der Waals surface area (Å²) in [4.78, 5) is 0. The first-order valence-corrected chi connectivity index (χ1v) is 5.49. The molecule has 0 aromatic heterocycles. The molecule has 0 bridgehead atoms. The molecule has 0 N–H and O–H groups in total. The van der Waals surface area contributed by atoms with E-state index < -0.39 is 5.92 Å². The molecule has 17 heavy (non-hydrogen) atoms. The fourth-order valence-corrected chi connectivity index (χ4v) is 1.83. The second-order valence-electron chi connectivity index (χ2n) is 3.89. The van der Waals surface area contributed by atoms with Gasteiger partial charge in [0.1, 0.15) is 5.82 Å². The van der Waals surface area contributed by atoms with E-state index in [1.165, 1.54) is 6.07 Å². The molecule has 0 amide bonds. The number of rotatable bonds is 3. The third kappa shape index (κ3) is 2.70. The van der Waals surface area contributed by atoms with Crippen molar-refractivity contribution in [3.8, 4) is 6.07 Å². The fourth-order valence-electron chi connectivity index (χ4n) is 1.83. The standard InChI is InChI=1S/C15H12FN/c16-15-9-5-4-8-14(15)13(11-17)10-12-6-2-1-3-7-12/h1-9,13H,10H2/t13-/m1/s1. The number of halogens is 1. The number of hydrogen-bond donors (Lipinski definition) is 0. The van der Waals surface area contributed by atoms with E-state index >= 15 is 0 Å². The molecule has 0 unspecified atom stereocenters. The highest BCUT2D eigenvalue weighted by molar-refractivity contribution is 5.29. The van der Waals surface area contributed by atoms with Gasteiger partial charge in [-0.05, 0) is 18.1 Å². The lowest BCUT2D eigenvalue weighted by Crippen LogP contribution is -2.02. The molecule has 0 heterocycles. The van der Waals surface area contributed by atoms with Crippen LogP contribution in [0, 0.1) is 17.1 Å². The molecule has 0 fully saturated rings. The quantitative estimate of drug-likeness (QED) is 0.781. The second kappa shape index (κ2) is 5.27. The molecule has 2 aromatic rings. The molecule has 2 aromatic carbocycles. The van der Waals surface area contributed by atoms with Gasteiger partial charge in [0.25, 0.3) is 0 Å². The predicted molar refractivity (Wildman–Crippen MR) is 64.9 cm³/mol. The molecular formula is C15H12FN. The summed E-state index contributed by atoms with van der Waals surface area (Å²) in [6.07, 6.45) is 0.540. The Morgan fingerprint density at radius 3 is 2.29 bits per heavy atom. The Balaban J connectivity index is 2.25. The Bertz CT molecular complexity index is 528. The monoisotopic (exact) mass is 225 g/mol. The van der Waals surface area contributed by atoms with Crippen LogP contribution in [0.3, 0.4) is 0 Å². The molecule has 2 rings (SSSR count). The summed E-state index contributed by atoms with van der Waals surface area (Å²) in [5.74, 6) is -0.742. The van der Waals surface area contributed by atoms with Gasteiger partial charge in [0.15, 0.2) is 0 Å². The van der Waals surface area contributed by atoms with Crippen LogP contribution in [-0.4, -0.2) is 0 Å². The van der Waals surface area contributed by atoms with Crippen LogP contribution in [0.5, 0.6) is 0 Å². The van der Waals surface area contributed by atoms with Crippen molar-refractivity contribution in [1.82, 2.24) is 0 Å². The third-order valence-electron chi connectivity index (χ3n) is 2.72. The van der Waals surface area contributed by atoms with Crippen molar-refractivity contribution < 1.29 is 4.39 Å². The van der Waals surface area contributed by atoms with Gasteiger partial charge in [0.2, 0.25) is 0 Å². The van der Waals surface area contributed by atoms with Gasteiger partial charge in [-0.2, -0.15) is 5.26 Å². The van der Waals surface area contributed by atoms with Gasteiger partial charge in [0, 0.05) is 5.56 Å². The van der Waals surface area contributed by atoms with E-state index in [1.54, 1.807) is 18.2 Å². The summed E-state index contributed by atoms with van der Waals surface area (Å²) >= 11 is 0. The van der Waals surface area contributed by atoms with Crippen LogP contribution in [0.15, 0.2) is 54.6 Å². The molecule has 0 aliphatic heterocycles. The van der Waals surface area contributed by atoms with Crippen molar-refractivity contribution in [3.05, 3.63) is 71.5 Å². The smallest absolute Gasteiger partial charge is 0.127 e. The lowest BCUT2D eigenvalue weighted by atomic mass is 9.93. The van der Waals surface area contributed by atoms with E-state index in [1.807, 2.05) is 30.3 Å². The highest BCUT2D eigenvalue weighted by Gasteiger charge is 2.14. The summed E-state index contributed by atoms with van der Waals surface area (Å²) in [6, 6.07) is 18.3. The van der Waals surface area contributed by atoms with E-state index in [2.05, 4.69) is 6.07 Å². The Hall–Kier alpha value is -2.14. The maximum absolute atomic E-state index is 13.6. The zero-order chi connectivity index (χ0) is 12.1. The summed E-state index contributed by atoms with van der Waals surface area (Å²) in [6.45, 7) is 0. The largest absolute Gasteiger partial charge is 0.207 e. The van der Waals surface area contributed by atoms with Gasteiger partial charge < -0.3 is 0 Å².